The van der Waals surface area contributed by atoms with E-state index in [1.165, 1.54) is 0 Å². The fraction of sp³-hybridized carbons (Fsp3) is 0.900. The van der Waals surface area contributed by atoms with Gasteiger partial charge in [0, 0.05) is 5.54 Å². The first-order valence-electron chi connectivity index (χ1n) is 5.24. The lowest BCUT2D eigenvalue weighted by atomic mass is 10.3. The Kier molecular flexibility index (Phi) is 4.35. The summed E-state index contributed by atoms with van der Waals surface area (Å²) < 4.78 is 4.97. The van der Waals surface area contributed by atoms with E-state index in [4.69, 9.17) is 9.84 Å². The van der Waals surface area contributed by atoms with Crippen molar-refractivity contribution >= 4 is 5.97 Å². The van der Waals surface area contributed by atoms with Crippen LogP contribution in [0.1, 0.15) is 32.6 Å². The number of aliphatic hydroxyl groups is 1. The second-order valence-electron chi connectivity index (χ2n) is 3.87. The van der Waals surface area contributed by atoms with Gasteiger partial charge >= 0.3 is 5.97 Å². The summed E-state index contributed by atoms with van der Waals surface area (Å²) >= 11 is 0. The largest absolute Gasteiger partial charge is 0.465 e. The number of unbranched alkanes of at least 4 members (excludes halogenated alkanes) is 1. The molecule has 0 amide bonds. The lowest BCUT2D eigenvalue weighted by molar-refractivity contribution is -0.142. The van der Waals surface area contributed by atoms with Gasteiger partial charge in [-0.3, -0.25) is 10.1 Å². The van der Waals surface area contributed by atoms with Crippen LogP contribution in [0.4, 0.5) is 0 Å². The molecule has 0 aromatic carbocycles. The first kappa shape index (κ1) is 11.5. The minimum Gasteiger partial charge on any atom is -0.465 e. The van der Waals surface area contributed by atoms with Crippen molar-refractivity contribution in [2.24, 2.45) is 0 Å². The third kappa shape index (κ3) is 3.64. The molecule has 0 atom stereocenters. The summed E-state index contributed by atoms with van der Waals surface area (Å²) in [5, 5.41) is 12.0. The zero-order valence-electron chi connectivity index (χ0n) is 8.71. The Labute approximate surface area is 84.6 Å². The van der Waals surface area contributed by atoms with Crippen LogP contribution >= 0.6 is 0 Å². The SMILES string of the molecule is CCCCOC(=O)CNC1(CO)CC1. The van der Waals surface area contributed by atoms with Crippen LogP contribution in [-0.2, 0) is 9.53 Å². The summed E-state index contributed by atoms with van der Waals surface area (Å²) in [4.78, 5) is 11.1. The maximum Gasteiger partial charge on any atom is 0.319 e. The Morgan fingerprint density at radius 1 is 1.57 bits per heavy atom. The van der Waals surface area contributed by atoms with Crippen molar-refractivity contribution in [2.45, 2.75) is 38.1 Å². The van der Waals surface area contributed by atoms with E-state index in [1.54, 1.807) is 0 Å². The number of carbonyl (C=O) groups is 1. The van der Waals surface area contributed by atoms with Crippen LogP contribution in [0.5, 0.6) is 0 Å². The van der Waals surface area contributed by atoms with E-state index >= 15 is 0 Å². The molecule has 1 saturated carbocycles. The number of nitrogens with one attached hydrogen (secondary N) is 1. The Morgan fingerprint density at radius 3 is 2.79 bits per heavy atom. The van der Waals surface area contributed by atoms with Crippen LogP contribution in [0.3, 0.4) is 0 Å². The van der Waals surface area contributed by atoms with E-state index in [0.717, 1.165) is 25.7 Å². The fourth-order valence-corrected chi connectivity index (χ4v) is 1.18. The summed E-state index contributed by atoms with van der Waals surface area (Å²) in [5.74, 6) is -0.224. The molecular formula is C10H19NO3. The van der Waals surface area contributed by atoms with Gasteiger partial charge in [-0.25, -0.2) is 0 Å². The molecule has 1 aliphatic rings. The van der Waals surface area contributed by atoms with Crippen molar-refractivity contribution in [1.82, 2.24) is 5.32 Å². The minimum absolute atomic E-state index is 0.106. The maximum absolute atomic E-state index is 11.1. The maximum atomic E-state index is 11.1. The highest BCUT2D eigenvalue weighted by atomic mass is 16.5. The summed E-state index contributed by atoms with van der Waals surface area (Å²) in [5.41, 5.74) is -0.177. The normalized spacial score (nSPS) is 17.9. The minimum atomic E-state index is -0.224. The molecule has 0 spiro atoms. The van der Waals surface area contributed by atoms with E-state index in [-0.39, 0.29) is 24.7 Å². The molecule has 1 fully saturated rings. The van der Waals surface area contributed by atoms with Gasteiger partial charge in [0.1, 0.15) is 0 Å². The molecule has 0 bridgehead atoms. The number of rotatable bonds is 7. The molecule has 0 saturated heterocycles. The van der Waals surface area contributed by atoms with Crippen LogP contribution in [-0.4, -0.2) is 36.4 Å². The van der Waals surface area contributed by atoms with Gasteiger partial charge in [-0.1, -0.05) is 13.3 Å². The molecule has 0 aromatic heterocycles. The lowest BCUT2D eigenvalue weighted by Crippen LogP contribution is -2.39. The van der Waals surface area contributed by atoms with Crippen molar-refractivity contribution in [3.63, 3.8) is 0 Å². The molecule has 2 N–H and O–H groups in total. The Hall–Kier alpha value is -0.610. The Balaban J connectivity index is 2.03. The van der Waals surface area contributed by atoms with Gasteiger partial charge in [0.25, 0.3) is 0 Å². The molecule has 0 heterocycles. The van der Waals surface area contributed by atoms with E-state index in [9.17, 15) is 4.79 Å². The van der Waals surface area contributed by atoms with Crippen molar-refractivity contribution < 1.29 is 14.6 Å². The molecular weight excluding hydrogens is 182 g/mol. The van der Waals surface area contributed by atoms with Crippen LogP contribution in [0, 0.1) is 0 Å². The van der Waals surface area contributed by atoms with E-state index in [1.807, 2.05) is 0 Å². The second-order valence-corrected chi connectivity index (χ2v) is 3.87. The van der Waals surface area contributed by atoms with Crippen molar-refractivity contribution in [1.29, 1.82) is 0 Å². The zero-order valence-corrected chi connectivity index (χ0v) is 8.71. The Bertz CT molecular complexity index is 190. The van der Waals surface area contributed by atoms with Crippen molar-refractivity contribution in [3.05, 3.63) is 0 Å². The Morgan fingerprint density at radius 2 is 2.29 bits per heavy atom. The molecule has 0 aliphatic heterocycles. The average Bonchev–Trinajstić information content (AvgIpc) is 2.96. The van der Waals surface area contributed by atoms with Crippen LogP contribution < -0.4 is 5.32 Å². The number of hydrogen-bond donors (Lipinski definition) is 2. The number of hydrogen-bond acceptors (Lipinski definition) is 4. The third-order valence-electron chi connectivity index (χ3n) is 2.52. The summed E-state index contributed by atoms with van der Waals surface area (Å²) in [6, 6.07) is 0. The first-order chi connectivity index (χ1) is 6.72. The van der Waals surface area contributed by atoms with Crippen molar-refractivity contribution in [3.8, 4) is 0 Å². The van der Waals surface area contributed by atoms with Gasteiger partial charge < -0.3 is 9.84 Å². The molecule has 14 heavy (non-hydrogen) atoms. The molecule has 0 aromatic rings. The van der Waals surface area contributed by atoms with Crippen LogP contribution in [0.25, 0.3) is 0 Å². The molecule has 1 rings (SSSR count). The van der Waals surface area contributed by atoms with E-state index in [0.29, 0.717) is 6.61 Å². The summed E-state index contributed by atoms with van der Waals surface area (Å²) in [7, 11) is 0. The highest BCUT2D eigenvalue weighted by molar-refractivity contribution is 5.71. The van der Waals surface area contributed by atoms with Gasteiger partial charge in [-0.05, 0) is 19.3 Å². The predicted molar refractivity (Wildman–Crippen MR) is 52.9 cm³/mol. The predicted octanol–water partition coefficient (Wildman–Crippen LogP) is 0.444. The monoisotopic (exact) mass is 201 g/mol. The van der Waals surface area contributed by atoms with E-state index in [2.05, 4.69) is 12.2 Å². The molecule has 82 valence electrons. The number of esters is 1. The average molecular weight is 201 g/mol. The lowest BCUT2D eigenvalue weighted by Gasteiger charge is -2.13. The van der Waals surface area contributed by atoms with Gasteiger partial charge in [0.05, 0.1) is 19.8 Å². The zero-order chi connectivity index (χ0) is 10.4. The second kappa shape index (κ2) is 5.32. The van der Waals surface area contributed by atoms with Gasteiger partial charge in [-0.2, -0.15) is 0 Å². The smallest absolute Gasteiger partial charge is 0.319 e. The van der Waals surface area contributed by atoms with Gasteiger partial charge in [-0.15, -0.1) is 0 Å². The topological polar surface area (TPSA) is 58.6 Å². The van der Waals surface area contributed by atoms with E-state index < -0.39 is 0 Å². The molecule has 0 radical (unpaired) electrons. The molecule has 4 heteroatoms. The van der Waals surface area contributed by atoms with Gasteiger partial charge in [0.15, 0.2) is 0 Å². The molecule has 4 nitrogen and oxygen atoms in total. The van der Waals surface area contributed by atoms with Crippen molar-refractivity contribution in [2.75, 3.05) is 19.8 Å². The number of aliphatic hydroxyl groups excluding tert-OH is 1. The summed E-state index contributed by atoms with van der Waals surface area (Å²) in [6.45, 7) is 2.87. The van der Waals surface area contributed by atoms with Gasteiger partial charge in [0.2, 0.25) is 0 Å². The third-order valence-corrected chi connectivity index (χ3v) is 2.52. The number of carbonyl (C=O) groups excluding carboxylic acids is 1. The quantitative estimate of drug-likeness (QED) is 0.463. The highest BCUT2D eigenvalue weighted by Crippen LogP contribution is 2.34. The van der Waals surface area contributed by atoms with Crippen LogP contribution in [0.2, 0.25) is 0 Å². The highest BCUT2D eigenvalue weighted by Gasteiger charge is 2.41. The fourth-order valence-electron chi connectivity index (χ4n) is 1.18. The standard InChI is InChI=1S/C10H19NO3/c1-2-3-6-14-9(13)7-11-10(8-12)4-5-10/h11-12H,2-8H2,1H3. The molecule has 0 unspecified atom stereocenters. The summed E-state index contributed by atoms with van der Waals surface area (Å²) in [6.07, 6.45) is 3.84. The molecule has 1 aliphatic carbocycles. The van der Waals surface area contributed by atoms with Crippen LogP contribution in [0.15, 0.2) is 0 Å². The number of ether oxygens (including phenoxy) is 1. The first-order valence-corrected chi connectivity index (χ1v) is 5.24.